The second-order valence-electron chi connectivity index (χ2n) is 5.60. The van der Waals surface area contributed by atoms with Gasteiger partial charge in [0.2, 0.25) is 5.91 Å². The Morgan fingerprint density at radius 1 is 1.27 bits per heavy atom. The van der Waals surface area contributed by atoms with Crippen molar-refractivity contribution in [2.75, 3.05) is 13.1 Å². The second kappa shape index (κ2) is 8.41. The minimum atomic E-state index is -0.304. The molecule has 0 aliphatic carbocycles. The van der Waals surface area contributed by atoms with E-state index >= 15 is 0 Å². The Balaban J connectivity index is 1.86. The van der Waals surface area contributed by atoms with Gasteiger partial charge in [0.25, 0.3) is 0 Å². The van der Waals surface area contributed by atoms with Gasteiger partial charge < -0.3 is 15.0 Å². The summed E-state index contributed by atoms with van der Waals surface area (Å²) < 4.78 is 5.38. The van der Waals surface area contributed by atoms with E-state index in [-0.39, 0.29) is 24.6 Å². The number of benzene rings is 1. The van der Waals surface area contributed by atoms with E-state index in [0.717, 1.165) is 24.8 Å². The average Bonchev–Trinajstić information content (AvgIpc) is 2.79. The summed E-state index contributed by atoms with van der Waals surface area (Å²) >= 11 is 0. The van der Waals surface area contributed by atoms with Gasteiger partial charge in [-0.05, 0) is 24.8 Å². The van der Waals surface area contributed by atoms with Gasteiger partial charge >= 0.3 is 6.09 Å². The van der Waals surface area contributed by atoms with Crippen LogP contribution in [0.15, 0.2) is 30.3 Å². The van der Waals surface area contributed by atoms with E-state index in [2.05, 4.69) is 5.32 Å². The Bertz CT molecular complexity index is 490. The lowest BCUT2D eigenvalue weighted by atomic mass is 10.1. The molecule has 5 heteroatoms. The Hall–Kier alpha value is -2.04. The summed E-state index contributed by atoms with van der Waals surface area (Å²) in [7, 11) is 0. The first-order valence-electron chi connectivity index (χ1n) is 7.94. The first-order chi connectivity index (χ1) is 10.7. The fourth-order valence-corrected chi connectivity index (χ4v) is 2.57. The predicted octanol–water partition coefficient (Wildman–Crippen LogP) is 2.70. The minimum absolute atomic E-state index is 0.0271. The van der Waals surface area contributed by atoms with Gasteiger partial charge in [-0.2, -0.15) is 0 Å². The van der Waals surface area contributed by atoms with Crippen LogP contribution in [0.3, 0.4) is 0 Å². The van der Waals surface area contributed by atoms with Gasteiger partial charge in [0.1, 0.15) is 6.61 Å². The summed E-state index contributed by atoms with van der Waals surface area (Å²) in [5, 5.41) is 2.98. The van der Waals surface area contributed by atoms with Gasteiger partial charge in [0, 0.05) is 25.6 Å². The number of rotatable bonds is 4. The summed E-state index contributed by atoms with van der Waals surface area (Å²) in [6.07, 6.45) is 3.03. The van der Waals surface area contributed by atoms with E-state index in [1.54, 1.807) is 4.90 Å². The SMILES string of the molecule is CCC(=O)NC1CCCCN(C(=O)OCc2ccccc2)C1. The number of likely N-dealkylation sites (tertiary alicyclic amines) is 1. The highest BCUT2D eigenvalue weighted by molar-refractivity contribution is 5.76. The van der Waals surface area contributed by atoms with Gasteiger partial charge in [-0.1, -0.05) is 37.3 Å². The molecule has 1 saturated heterocycles. The van der Waals surface area contributed by atoms with E-state index in [9.17, 15) is 9.59 Å². The molecule has 2 amide bonds. The lowest BCUT2D eigenvalue weighted by Crippen LogP contribution is -2.44. The molecule has 0 radical (unpaired) electrons. The van der Waals surface area contributed by atoms with Crippen LogP contribution in [0.5, 0.6) is 0 Å². The molecule has 0 saturated carbocycles. The highest BCUT2D eigenvalue weighted by Crippen LogP contribution is 2.13. The standard InChI is InChI=1S/C17H24N2O3/c1-2-16(20)18-15-10-6-7-11-19(12-15)17(21)22-13-14-8-4-3-5-9-14/h3-5,8-9,15H,2,6-7,10-13H2,1H3,(H,18,20). The number of hydrogen-bond acceptors (Lipinski definition) is 3. The topological polar surface area (TPSA) is 58.6 Å². The van der Waals surface area contributed by atoms with Crippen molar-refractivity contribution >= 4 is 12.0 Å². The molecule has 2 rings (SSSR count). The molecule has 1 fully saturated rings. The largest absolute Gasteiger partial charge is 0.445 e. The molecule has 1 unspecified atom stereocenters. The average molecular weight is 304 g/mol. The van der Waals surface area contributed by atoms with E-state index in [4.69, 9.17) is 4.74 Å². The number of nitrogens with zero attached hydrogens (tertiary/aromatic N) is 1. The summed E-state index contributed by atoms with van der Waals surface area (Å²) in [6, 6.07) is 9.66. The summed E-state index contributed by atoms with van der Waals surface area (Å²) in [5.74, 6) is 0.0319. The van der Waals surface area contributed by atoms with Crippen molar-refractivity contribution in [2.45, 2.75) is 45.3 Å². The van der Waals surface area contributed by atoms with Gasteiger partial charge in [0.05, 0.1) is 0 Å². The molecule has 1 aliphatic rings. The smallest absolute Gasteiger partial charge is 0.410 e. The fraction of sp³-hybridized carbons (Fsp3) is 0.529. The fourth-order valence-electron chi connectivity index (χ4n) is 2.57. The van der Waals surface area contributed by atoms with Crippen LogP contribution < -0.4 is 5.32 Å². The zero-order valence-corrected chi connectivity index (χ0v) is 13.1. The van der Waals surface area contributed by atoms with Crippen LogP contribution in [0.1, 0.15) is 38.2 Å². The molecular weight excluding hydrogens is 280 g/mol. The lowest BCUT2D eigenvalue weighted by molar-refractivity contribution is -0.121. The highest BCUT2D eigenvalue weighted by atomic mass is 16.6. The number of carbonyl (C=O) groups excluding carboxylic acids is 2. The molecule has 5 nitrogen and oxygen atoms in total. The predicted molar refractivity (Wildman–Crippen MR) is 84.3 cm³/mol. The van der Waals surface area contributed by atoms with E-state index < -0.39 is 0 Å². The number of hydrogen-bond donors (Lipinski definition) is 1. The van der Waals surface area contributed by atoms with Crippen molar-refractivity contribution in [1.82, 2.24) is 10.2 Å². The normalized spacial score (nSPS) is 18.4. The molecule has 0 bridgehead atoms. The van der Waals surface area contributed by atoms with Crippen LogP contribution in [0.25, 0.3) is 0 Å². The zero-order valence-electron chi connectivity index (χ0n) is 13.1. The molecule has 120 valence electrons. The molecule has 1 aromatic rings. The zero-order chi connectivity index (χ0) is 15.8. The van der Waals surface area contributed by atoms with Crippen molar-refractivity contribution in [3.8, 4) is 0 Å². The minimum Gasteiger partial charge on any atom is -0.445 e. The first-order valence-corrected chi connectivity index (χ1v) is 7.94. The Kier molecular flexibility index (Phi) is 6.25. The van der Waals surface area contributed by atoms with Gasteiger partial charge in [-0.15, -0.1) is 0 Å². The van der Waals surface area contributed by atoms with Crippen LogP contribution in [0.4, 0.5) is 4.79 Å². The third kappa shape index (κ3) is 5.06. The van der Waals surface area contributed by atoms with Crippen LogP contribution in [-0.2, 0) is 16.1 Å². The van der Waals surface area contributed by atoms with E-state index in [1.807, 2.05) is 37.3 Å². The summed E-state index contributed by atoms with van der Waals surface area (Å²) in [5.41, 5.74) is 0.974. The van der Waals surface area contributed by atoms with Gasteiger partial charge in [0.15, 0.2) is 0 Å². The molecule has 1 aliphatic heterocycles. The number of carbonyl (C=O) groups is 2. The highest BCUT2D eigenvalue weighted by Gasteiger charge is 2.23. The summed E-state index contributed by atoms with van der Waals surface area (Å²) in [4.78, 5) is 25.5. The molecule has 1 atom stereocenters. The Labute approximate surface area is 131 Å². The Morgan fingerprint density at radius 3 is 2.77 bits per heavy atom. The third-order valence-corrected chi connectivity index (χ3v) is 3.82. The van der Waals surface area contributed by atoms with Crippen molar-refractivity contribution in [3.63, 3.8) is 0 Å². The van der Waals surface area contributed by atoms with Gasteiger partial charge in [-0.25, -0.2) is 4.79 Å². The van der Waals surface area contributed by atoms with Crippen molar-refractivity contribution < 1.29 is 14.3 Å². The second-order valence-corrected chi connectivity index (χ2v) is 5.60. The van der Waals surface area contributed by atoms with Gasteiger partial charge in [-0.3, -0.25) is 4.79 Å². The quantitative estimate of drug-likeness (QED) is 0.930. The van der Waals surface area contributed by atoms with E-state index in [1.165, 1.54) is 0 Å². The number of nitrogens with one attached hydrogen (secondary N) is 1. The third-order valence-electron chi connectivity index (χ3n) is 3.82. The molecular formula is C17H24N2O3. The molecule has 0 spiro atoms. The number of ether oxygens (including phenoxy) is 1. The van der Waals surface area contributed by atoms with Crippen LogP contribution >= 0.6 is 0 Å². The van der Waals surface area contributed by atoms with Crippen LogP contribution in [0, 0.1) is 0 Å². The lowest BCUT2D eigenvalue weighted by Gasteiger charge is -2.24. The van der Waals surface area contributed by atoms with E-state index in [0.29, 0.717) is 19.5 Å². The molecule has 0 aromatic heterocycles. The van der Waals surface area contributed by atoms with Crippen molar-refractivity contribution in [1.29, 1.82) is 0 Å². The Morgan fingerprint density at radius 2 is 2.05 bits per heavy atom. The van der Waals surface area contributed by atoms with Crippen molar-refractivity contribution in [3.05, 3.63) is 35.9 Å². The maximum absolute atomic E-state index is 12.2. The van der Waals surface area contributed by atoms with Crippen LogP contribution in [0.2, 0.25) is 0 Å². The van der Waals surface area contributed by atoms with Crippen LogP contribution in [-0.4, -0.2) is 36.0 Å². The molecule has 1 aromatic carbocycles. The maximum atomic E-state index is 12.2. The molecule has 1 N–H and O–H groups in total. The number of amides is 2. The maximum Gasteiger partial charge on any atom is 0.410 e. The summed E-state index contributed by atoms with van der Waals surface area (Å²) in [6.45, 7) is 3.32. The monoisotopic (exact) mass is 304 g/mol. The first kappa shape index (κ1) is 16.3. The molecule has 22 heavy (non-hydrogen) atoms. The van der Waals surface area contributed by atoms with Crippen molar-refractivity contribution in [2.24, 2.45) is 0 Å². The molecule has 1 heterocycles.